The SMILES string of the molecule is Cc1cc(NC(=O)COC(=O)c2cc(S(=O)(=O)N3CCOCC3)c(Cl)cc2Cl)c([N+](=O)[O-])cc1C. The summed E-state index contributed by atoms with van der Waals surface area (Å²) in [4.78, 5) is 35.2. The molecule has 2 aromatic rings. The second-order valence-electron chi connectivity index (χ2n) is 7.61. The van der Waals surface area contributed by atoms with E-state index in [1.807, 2.05) is 0 Å². The van der Waals surface area contributed by atoms with Gasteiger partial charge >= 0.3 is 5.97 Å². The van der Waals surface area contributed by atoms with Crippen LogP contribution in [0.15, 0.2) is 29.2 Å². The largest absolute Gasteiger partial charge is 0.452 e. The van der Waals surface area contributed by atoms with Gasteiger partial charge in [-0.15, -0.1) is 0 Å². The first-order valence-corrected chi connectivity index (χ1v) is 12.4. The van der Waals surface area contributed by atoms with Crippen LogP contribution < -0.4 is 5.32 Å². The number of anilines is 1. The number of rotatable bonds is 7. The smallest absolute Gasteiger partial charge is 0.340 e. The second-order valence-corrected chi connectivity index (χ2v) is 10.3. The van der Waals surface area contributed by atoms with Gasteiger partial charge in [0.1, 0.15) is 10.6 Å². The topological polar surface area (TPSA) is 145 Å². The molecular weight excluding hydrogens is 525 g/mol. The van der Waals surface area contributed by atoms with Crippen molar-refractivity contribution in [3.8, 4) is 0 Å². The van der Waals surface area contributed by atoms with Crippen molar-refractivity contribution in [1.29, 1.82) is 0 Å². The summed E-state index contributed by atoms with van der Waals surface area (Å²) >= 11 is 12.2. The molecule has 1 aliphatic rings. The minimum atomic E-state index is -4.05. The third-order valence-corrected chi connectivity index (χ3v) is 7.92. The van der Waals surface area contributed by atoms with Crippen LogP contribution in [0.1, 0.15) is 21.5 Å². The number of hydrogen-bond donors (Lipinski definition) is 1. The Hall–Kier alpha value is -2.77. The monoisotopic (exact) mass is 545 g/mol. The summed E-state index contributed by atoms with van der Waals surface area (Å²) in [5.74, 6) is -1.91. The number of nitro benzene ring substituents is 1. The number of carbonyl (C=O) groups is 2. The number of amides is 1. The number of ether oxygens (including phenoxy) is 2. The lowest BCUT2D eigenvalue weighted by atomic mass is 10.1. The normalized spacial score (nSPS) is 14.4. The fourth-order valence-corrected chi connectivity index (χ4v) is 5.49. The minimum Gasteiger partial charge on any atom is -0.452 e. The summed E-state index contributed by atoms with van der Waals surface area (Å²) in [6.07, 6.45) is 0. The Labute approximate surface area is 211 Å². The molecule has 0 spiro atoms. The summed E-state index contributed by atoms with van der Waals surface area (Å²) in [7, 11) is -4.05. The van der Waals surface area contributed by atoms with Crippen molar-refractivity contribution in [2.24, 2.45) is 0 Å². The highest BCUT2D eigenvalue weighted by Gasteiger charge is 2.30. The van der Waals surface area contributed by atoms with Gasteiger partial charge in [-0.2, -0.15) is 4.31 Å². The molecule has 1 saturated heterocycles. The predicted molar refractivity (Wildman–Crippen MR) is 128 cm³/mol. The average molecular weight is 546 g/mol. The van der Waals surface area contributed by atoms with E-state index in [0.29, 0.717) is 11.1 Å². The highest BCUT2D eigenvalue weighted by atomic mass is 35.5. The Morgan fingerprint density at radius 1 is 1.11 bits per heavy atom. The van der Waals surface area contributed by atoms with Gasteiger partial charge in [-0.1, -0.05) is 23.2 Å². The van der Waals surface area contributed by atoms with Crippen molar-refractivity contribution in [1.82, 2.24) is 4.31 Å². The third kappa shape index (κ3) is 6.08. The van der Waals surface area contributed by atoms with Crippen molar-refractivity contribution in [2.45, 2.75) is 18.7 Å². The molecule has 1 fully saturated rings. The summed E-state index contributed by atoms with van der Waals surface area (Å²) in [6, 6.07) is 4.85. The average Bonchev–Trinajstić information content (AvgIpc) is 2.80. The van der Waals surface area contributed by atoms with E-state index >= 15 is 0 Å². The Balaban J connectivity index is 1.76. The summed E-state index contributed by atoms with van der Waals surface area (Å²) in [5, 5.41) is 13.3. The molecule has 1 amide bonds. The maximum Gasteiger partial charge on any atom is 0.340 e. The number of aryl methyl sites for hydroxylation is 2. The molecule has 0 unspecified atom stereocenters. The van der Waals surface area contributed by atoms with Crippen LogP contribution in [0.5, 0.6) is 0 Å². The van der Waals surface area contributed by atoms with E-state index in [1.54, 1.807) is 13.8 Å². The molecule has 14 heteroatoms. The first kappa shape index (κ1) is 26.8. The van der Waals surface area contributed by atoms with Gasteiger partial charge < -0.3 is 14.8 Å². The van der Waals surface area contributed by atoms with E-state index in [-0.39, 0.29) is 58.2 Å². The Morgan fingerprint density at radius 2 is 1.74 bits per heavy atom. The van der Waals surface area contributed by atoms with Crippen molar-refractivity contribution in [3.05, 3.63) is 61.1 Å². The van der Waals surface area contributed by atoms with Crippen molar-refractivity contribution in [3.63, 3.8) is 0 Å². The quantitative estimate of drug-likeness (QED) is 0.316. The highest BCUT2D eigenvalue weighted by Crippen LogP contribution is 2.32. The lowest BCUT2D eigenvalue weighted by molar-refractivity contribution is -0.384. The number of halogens is 2. The zero-order valence-corrected chi connectivity index (χ0v) is 21.0. The lowest BCUT2D eigenvalue weighted by Crippen LogP contribution is -2.40. The third-order valence-electron chi connectivity index (χ3n) is 5.25. The number of esters is 1. The molecule has 11 nitrogen and oxygen atoms in total. The van der Waals surface area contributed by atoms with Gasteiger partial charge in [0.25, 0.3) is 11.6 Å². The van der Waals surface area contributed by atoms with Gasteiger partial charge in [0.2, 0.25) is 10.0 Å². The Kier molecular flexibility index (Phi) is 8.34. The van der Waals surface area contributed by atoms with Crippen LogP contribution in [-0.2, 0) is 24.3 Å². The number of sulfonamides is 1. The molecule has 0 saturated carbocycles. The molecule has 188 valence electrons. The molecule has 0 aromatic heterocycles. The number of hydrogen-bond acceptors (Lipinski definition) is 8. The molecule has 3 rings (SSSR count). The van der Waals surface area contributed by atoms with Crippen LogP contribution in [0.3, 0.4) is 0 Å². The van der Waals surface area contributed by atoms with Crippen LogP contribution in [0, 0.1) is 24.0 Å². The van der Waals surface area contributed by atoms with E-state index in [4.69, 9.17) is 32.7 Å². The van der Waals surface area contributed by atoms with Crippen molar-refractivity contribution < 1.29 is 32.4 Å². The fourth-order valence-electron chi connectivity index (χ4n) is 3.26. The molecule has 0 radical (unpaired) electrons. The first-order valence-electron chi connectivity index (χ1n) is 10.2. The zero-order chi connectivity index (χ0) is 25.9. The maximum absolute atomic E-state index is 13.0. The van der Waals surface area contributed by atoms with Gasteiger partial charge in [0, 0.05) is 19.2 Å². The van der Waals surface area contributed by atoms with E-state index in [0.717, 1.165) is 12.1 Å². The summed E-state index contributed by atoms with van der Waals surface area (Å²) in [6.45, 7) is 3.28. The minimum absolute atomic E-state index is 0.0532. The lowest BCUT2D eigenvalue weighted by Gasteiger charge is -2.26. The fraction of sp³-hybridized carbons (Fsp3) is 0.333. The second kappa shape index (κ2) is 10.9. The Bertz CT molecular complexity index is 1290. The molecule has 1 aliphatic heterocycles. The molecule has 1 N–H and O–H groups in total. The predicted octanol–water partition coefficient (Wildman–Crippen LogP) is 3.33. The first-order chi connectivity index (χ1) is 16.4. The number of carbonyl (C=O) groups excluding carboxylic acids is 2. The van der Waals surface area contributed by atoms with Crippen LogP contribution in [0.25, 0.3) is 0 Å². The molecule has 0 aliphatic carbocycles. The number of nitro groups is 1. The van der Waals surface area contributed by atoms with E-state index in [2.05, 4.69) is 5.32 Å². The van der Waals surface area contributed by atoms with Gasteiger partial charge in [-0.3, -0.25) is 14.9 Å². The highest BCUT2D eigenvalue weighted by molar-refractivity contribution is 7.89. The molecule has 0 bridgehead atoms. The Morgan fingerprint density at radius 3 is 2.37 bits per heavy atom. The molecule has 1 heterocycles. The number of benzene rings is 2. The van der Waals surface area contributed by atoms with Crippen LogP contribution >= 0.6 is 23.2 Å². The van der Waals surface area contributed by atoms with Gasteiger partial charge in [-0.25, -0.2) is 13.2 Å². The van der Waals surface area contributed by atoms with Crippen molar-refractivity contribution >= 4 is 56.5 Å². The van der Waals surface area contributed by atoms with E-state index in [1.165, 1.54) is 16.4 Å². The number of nitrogens with zero attached hydrogens (tertiary/aromatic N) is 2. The molecule has 35 heavy (non-hydrogen) atoms. The van der Waals surface area contributed by atoms with Crippen molar-refractivity contribution in [2.75, 3.05) is 38.2 Å². The van der Waals surface area contributed by atoms with Gasteiger partial charge in [0.05, 0.1) is 33.7 Å². The van der Waals surface area contributed by atoms with Crippen LogP contribution in [0.2, 0.25) is 10.0 Å². The standard InChI is InChI=1S/C21H21Cl2N3O8S/c1-12-7-17(18(26(29)30)8-13(12)2)24-20(27)11-34-21(28)14-9-19(16(23)10-15(14)22)35(31,32)25-3-5-33-6-4-25/h7-10H,3-6,11H2,1-2H3,(H,24,27). The summed E-state index contributed by atoms with van der Waals surface area (Å²) in [5.41, 5.74) is 0.702. The summed E-state index contributed by atoms with van der Waals surface area (Å²) < 4.78 is 37.3. The van der Waals surface area contributed by atoms with Crippen LogP contribution in [-0.4, -0.2) is 62.4 Å². The number of nitrogens with one attached hydrogen (secondary N) is 1. The molecule has 0 atom stereocenters. The van der Waals surface area contributed by atoms with E-state index in [9.17, 15) is 28.1 Å². The zero-order valence-electron chi connectivity index (χ0n) is 18.7. The molecular formula is C21H21Cl2N3O8S. The number of morpholine rings is 1. The molecule has 2 aromatic carbocycles. The maximum atomic E-state index is 13.0. The van der Waals surface area contributed by atoms with Gasteiger partial charge in [-0.05, 0) is 43.2 Å². The van der Waals surface area contributed by atoms with Gasteiger partial charge in [0.15, 0.2) is 6.61 Å². The van der Waals surface area contributed by atoms with Crippen LogP contribution in [0.4, 0.5) is 11.4 Å². The van der Waals surface area contributed by atoms with E-state index < -0.39 is 33.4 Å².